The topological polar surface area (TPSA) is 29.5 Å². The normalized spacial score (nSPS) is 27.1. The fourth-order valence-electron chi connectivity index (χ4n) is 4.04. The lowest BCUT2D eigenvalue weighted by Gasteiger charge is -2.56. The van der Waals surface area contributed by atoms with Gasteiger partial charge in [-0.15, -0.1) is 23.1 Å². The van der Waals surface area contributed by atoms with E-state index >= 15 is 0 Å². The maximum absolute atomic E-state index is 13.0. The molecule has 2 aromatic rings. The van der Waals surface area contributed by atoms with Crippen LogP contribution in [0.2, 0.25) is 0 Å². The number of thiophene rings is 1. The highest BCUT2D eigenvalue weighted by molar-refractivity contribution is 7.99. The second-order valence-electron chi connectivity index (χ2n) is 7.67. The molecular weight excluding hydrogens is 350 g/mol. The van der Waals surface area contributed by atoms with Crippen LogP contribution in [0.4, 0.5) is 0 Å². The largest absolute Gasteiger partial charge is 0.477 e. The van der Waals surface area contributed by atoms with E-state index in [0.717, 1.165) is 18.7 Å². The molecule has 4 rings (SSSR count). The third-order valence-corrected chi connectivity index (χ3v) is 7.43. The zero-order valence-electron chi connectivity index (χ0n) is 15.0. The van der Waals surface area contributed by atoms with Crippen LogP contribution < -0.4 is 4.74 Å². The van der Waals surface area contributed by atoms with Gasteiger partial charge in [0.25, 0.3) is 5.91 Å². The van der Waals surface area contributed by atoms with Crippen molar-refractivity contribution in [1.29, 1.82) is 0 Å². The number of thioether (sulfide) groups is 1. The molecule has 0 bridgehead atoms. The van der Waals surface area contributed by atoms with E-state index < -0.39 is 11.0 Å². The number of fused-ring (bicyclic) bond motifs is 3. The molecule has 0 spiro atoms. The molecule has 1 aromatic heterocycles. The van der Waals surface area contributed by atoms with Crippen molar-refractivity contribution in [3.8, 4) is 5.75 Å². The third-order valence-electron chi connectivity index (χ3n) is 5.10. The van der Waals surface area contributed by atoms with Gasteiger partial charge in [-0.3, -0.25) is 4.79 Å². The monoisotopic (exact) mass is 373 g/mol. The fraction of sp³-hybridized carbons (Fsp3) is 0.450. The van der Waals surface area contributed by atoms with Crippen molar-refractivity contribution in [1.82, 2.24) is 4.90 Å². The standard InChI is InChI=1S/C20H23NO2S2/c1-13-10-15-16(25-13)11-19(2,3)12-21-18(22)17(20(15,21)24-4)23-14-8-6-5-7-9-14/h5-10,17H,11-12H2,1-4H3/t17-,20-/m1/s1. The van der Waals surface area contributed by atoms with E-state index in [9.17, 15) is 4.79 Å². The summed E-state index contributed by atoms with van der Waals surface area (Å²) in [6.45, 7) is 7.42. The highest BCUT2D eigenvalue weighted by Gasteiger charge is 2.65. The van der Waals surface area contributed by atoms with E-state index in [2.05, 4.69) is 33.1 Å². The smallest absolute Gasteiger partial charge is 0.269 e. The molecule has 2 aliphatic heterocycles. The van der Waals surface area contributed by atoms with Crippen LogP contribution in [-0.4, -0.2) is 29.7 Å². The third kappa shape index (κ3) is 2.51. The number of hydrogen-bond acceptors (Lipinski definition) is 4. The van der Waals surface area contributed by atoms with Gasteiger partial charge in [0.1, 0.15) is 5.75 Å². The highest BCUT2D eigenvalue weighted by Crippen LogP contribution is 2.56. The summed E-state index contributed by atoms with van der Waals surface area (Å²) in [7, 11) is 0. The summed E-state index contributed by atoms with van der Waals surface area (Å²) >= 11 is 3.59. The summed E-state index contributed by atoms with van der Waals surface area (Å²) in [5, 5.41) is 0. The Morgan fingerprint density at radius 1 is 1.28 bits per heavy atom. The quantitative estimate of drug-likeness (QED) is 0.745. The Labute approximate surface area is 157 Å². The molecule has 1 fully saturated rings. The number of rotatable bonds is 3. The first-order chi connectivity index (χ1) is 11.9. The first-order valence-electron chi connectivity index (χ1n) is 8.55. The Bertz CT molecular complexity index is 814. The second kappa shape index (κ2) is 5.78. The molecule has 0 radical (unpaired) electrons. The molecule has 3 nitrogen and oxygen atoms in total. The molecule has 0 unspecified atom stereocenters. The Kier molecular flexibility index (Phi) is 3.92. The predicted octanol–water partition coefficient (Wildman–Crippen LogP) is 4.44. The van der Waals surface area contributed by atoms with Gasteiger partial charge < -0.3 is 9.64 Å². The molecule has 2 aliphatic rings. The maximum Gasteiger partial charge on any atom is 0.269 e. The summed E-state index contributed by atoms with van der Waals surface area (Å²) in [5.41, 5.74) is 1.34. The summed E-state index contributed by atoms with van der Waals surface area (Å²) in [5.74, 6) is 0.855. The number of aryl methyl sites for hydroxylation is 1. The van der Waals surface area contributed by atoms with Crippen LogP contribution >= 0.6 is 23.1 Å². The van der Waals surface area contributed by atoms with E-state index in [-0.39, 0.29) is 11.3 Å². The van der Waals surface area contributed by atoms with Gasteiger partial charge in [0.05, 0.1) is 0 Å². The molecule has 0 saturated carbocycles. The predicted molar refractivity (Wildman–Crippen MR) is 104 cm³/mol. The molecular formula is C20H23NO2S2. The zero-order valence-corrected chi connectivity index (χ0v) is 16.7. The van der Waals surface area contributed by atoms with Crippen LogP contribution in [-0.2, 0) is 16.1 Å². The summed E-state index contributed by atoms with van der Waals surface area (Å²) in [4.78, 5) is 17.3. The number of carbonyl (C=O) groups is 1. The minimum Gasteiger partial charge on any atom is -0.477 e. The minimum atomic E-state index is -0.466. The Morgan fingerprint density at radius 3 is 2.68 bits per heavy atom. The van der Waals surface area contributed by atoms with Crippen molar-refractivity contribution < 1.29 is 9.53 Å². The second-order valence-corrected chi connectivity index (χ2v) is 10.0. The molecule has 5 heteroatoms. The molecule has 1 aromatic carbocycles. The average molecular weight is 374 g/mol. The van der Waals surface area contributed by atoms with Crippen molar-refractivity contribution in [2.45, 2.75) is 38.2 Å². The number of para-hydroxylation sites is 1. The first kappa shape index (κ1) is 17.0. The van der Waals surface area contributed by atoms with Crippen LogP contribution in [0.5, 0.6) is 5.75 Å². The number of β-lactam (4-membered cyclic amide) rings is 1. The molecule has 1 amide bonds. The number of carbonyl (C=O) groups excluding carboxylic acids is 1. The molecule has 3 heterocycles. The lowest BCUT2D eigenvalue weighted by molar-refractivity contribution is -0.171. The van der Waals surface area contributed by atoms with E-state index in [1.54, 1.807) is 11.8 Å². The summed E-state index contributed by atoms with van der Waals surface area (Å²) in [6, 6.07) is 11.9. The fourth-order valence-corrected chi connectivity index (χ4v) is 6.60. The molecule has 25 heavy (non-hydrogen) atoms. The van der Waals surface area contributed by atoms with E-state index in [1.807, 2.05) is 46.6 Å². The lowest BCUT2D eigenvalue weighted by Crippen LogP contribution is -2.72. The van der Waals surface area contributed by atoms with Crippen molar-refractivity contribution in [3.63, 3.8) is 0 Å². The lowest BCUT2D eigenvalue weighted by atomic mass is 9.88. The van der Waals surface area contributed by atoms with Gasteiger partial charge in [0.15, 0.2) is 4.87 Å². The molecule has 1 saturated heterocycles. The highest BCUT2D eigenvalue weighted by atomic mass is 32.2. The van der Waals surface area contributed by atoms with Gasteiger partial charge >= 0.3 is 0 Å². The number of amides is 1. The minimum absolute atomic E-state index is 0.0664. The number of hydrogen-bond donors (Lipinski definition) is 0. The summed E-state index contributed by atoms with van der Waals surface area (Å²) < 4.78 is 6.21. The SMILES string of the molecule is CS[C@@]12c3cc(C)sc3CC(C)(C)CN1C(=O)[C@H]2Oc1ccccc1. The number of benzene rings is 1. The van der Waals surface area contributed by atoms with Crippen molar-refractivity contribution in [3.05, 3.63) is 51.7 Å². The van der Waals surface area contributed by atoms with Crippen LogP contribution in [0, 0.1) is 12.3 Å². The Balaban J connectivity index is 1.81. The van der Waals surface area contributed by atoms with E-state index in [0.29, 0.717) is 0 Å². The molecule has 132 valence electrons. The average Bonchev–Trinajstić information content (AvgIpc) is 2.90. The number of nitrogens with zero attached hydrogens (tertiary/aromatic N) is 1. The van der Waals surface area contributed by atoms with Crippen molar-refractivity contribution in [2.24, 2.45) is 5.41 Å². The van der Waals surface area contributed by atoms with Gasteiger partial charge in [0, 0.05) is 21.9 Å². The van der Waals surface area contributed by atoms with Crippen molar-refractivity contribution in [2.75, 3.05) is 12.8 Å². The van der Waals surface area contributed by atoms with Gasteiger partial charge in [0.2, 0.25) is 6.10 Å². The van der Waals surface area contributed by atoms with Crippen LogP contribution in [0.1, 0.15) is 29.2 Å². The van der Waals surface area contributed by atoms with E-state index in [1.165, 1.54) is 15.3 Å². The first-order valence-corrected chi connectivity index (χ1v) is 10.6. The molecule has 0 aliphatic carbocycles. The van der Waals surface area contributed by atoms with Crippen LogP contribution in [0.25, 0.3) is 0 Å². The Hall–Kier alpha value is -1.46. The van der Waals surface area contributed by atoms with Crippen molar-refractivity contribution >= 4 is 29.0 Å². The van der Waals surface area contributed by atoms with Gasteiger partial charge in [-0.25, -0.2) is 0 Å². The molecule has 2 atom stereocenters. The van der Waals surface area contributed by atoms with Crippen LogP contribution in [0.15, 0.2) is 36.4 Å². The van der Waals surface area contributed by atoms with Gasteiger partial charge in [-0.05, 0) is 43.2 Å². The van der Waals surface area contributed by atoms with Crippen LogP contribution in [0.3, 0.4) is 0 Å². The van der Waals surface area contributed by atoms with Gasteiger partial charge in [-0.1, -0.05) is 32.0 Å². The maximum atomic E-state index is 13.0. The molecule has 0 N–H and O–H groups in total. The zero-order chi connectivity index (χ0) is 17.8. The Morgan fingerprint density at radius 2 is 2.00 bits per heavy atom. The summed E-state index contributed by atoms with van der Waals surface area (Å²) in [6.07, 6.45) is 2.63. The van der Waals surface area contributed by atoms with E-state index in [4.69, 9.17) is 4.74 Å². The number of ether oxygens (including phenoxy) is 1. The van der Waals surface area contributed by atoms with Gasteiger partial charge in [-0.2, -0.15) is 0 Å².